The Morgan fingerprint density at radius 3 is 2.75 bits per heavy atom. The number of carbonyl (C=O) groups is 1. The number of imidazole rings is 1. The lowest BCUT2D eigenvalue weighted by Gasteiger charge is -2.31. The van der Waals surface area contributed by atoms with Gasteiger partial charge in [0.25, 0.3) is 5.91 Å². The predicted octanol–water partition coefficient (Wildman–Crippen LogP) is -0.652. The van der Waals surface area contributed by atoms with Gasteiger partial charge in [0, 0.05) is 6.54 Å². The number of nitro groups is 1. The molecule has 1 fully saturated rings. The van der Waals surface area contributed by atoms with Crippen LogP contribution in [0.15, 0.2) is 6.20 Å². The van der Waals surface area contributed by atoms with E-state index in [9.17, 15) is 38.3 Å². The number of aliphatic hydroxyl groups is 2. The first-order chi connectivity index (χ1) is 11.1. The zero-order valence-electron chi connectivity index (χ0n) is 12.0. The van der Waals surface area contributed by atoms with Gasteiger partial charge in [0.05, 0.1) is 13.2 Å². The van der Waals surface area contributed by atoms with Crippen LogP contribution in [0.4, 0.5) is 19.0 Å². The third kappa shape index (κ3) is 3.80. The smallest absolute Gasteiger partial charge is 0.387 e. The van der Waals surface area contributed by atoms with Crippen molar-refractivity contribution in [3.63, 3.8) is 0 Å². The Hall–Kier alpha value is -2.25. The first-order valence-corrected chi connectivity index (χ1v) is 6.65. The quantitative estimate of drug-likeness (QED) is 0.530. The molecule has 10 nitrogen and oxygen atoms in total. The SMILES string of the molecule is O=C1C(O)OCCN1C[C@@H](O)Cn1c([N+](=O)[O-])cnc1C(F)(F)F. The van der Waals surface area contributed by atoms with Crippen molar-refractivity contribution in [2.45, 2.75) is 25.1 Å². The fourth-order valence-electron chi connectivity index (χ4n) is 2.24. The molecule has 0 spiro atoms. The van der Waals surface area contributed by atoms with Crippen molar-refractivity contribution in [2.24, 2.45) is 0 Å². The minimum Gasteiger partial charge on any atom is -0.387 e. The number of alkyl halides is 3. The lowest BCUT2D eigenvalue weighted by Crippen LogP contribution is -2.50. The lowest BCUT2D eigenvalue weighted by molar-refractivity contribution is -0.392. The Morgan fingerprint density at radius 1 is 1.50 bits per heavy atom. The number of β-amino-alcohol motifs (C(OH)–C–C–N with tert-alkyl or cyclic N) is 1. The normalized spacial score (nSPS) is 20.3. The molecule has 1 aliphatic rings. The van der Waals surface area contributed by atoms with Gasteiger partial charge in [-0.05, 0) is 4.92 Å². The third-order valence-electron chi connectivity index (χ3n) is 3.26. The number of nitrogens with zero attached hydrogens (tertiary/aromatic N) is 4. The number of aliphatic hydroxyl groups excluding tert-OH is 2. The van der Waals surface area contributed by atoms with Crippen LogP contribution in [-0.2, 0) is 22.3 Å². The van der Waals surface area contributed by atoms with Crippen LogP contribution in [0.1, 0.15) is 5.82 Å². The summed E-state index contributed by atoms with van der Waals surface area (Å²) in [7, 11) is 0. The highest BCUT2D eigenvalue weighted by Gasteiger charge is 2.43. The molecule has 2 atom stereocenters. The van der Waals surface area contributed by atoms with E-state index >= 15 is 0 Å². The number of carbonyl (C=O) groups excluding carboxylic acids is 1. The minimum atomic E-state index is -4.95. The molecular weight excluding hydrogens is 341 g/mol. The molecule has 13 heteroatoms. The van der Waals surface area contributed by atoms with Gasteiger partial charge in [0.2, 0.25) is 6.29 Å². The van der Waals surface area contributed by atoms with Crippen molar-refractivity contribution in [2.75, 3.05) is 19.7 Å². The molecule has 1 aromatic heterocycles. The zero-order valence-corrected chi connectivity index (χ0v) is 12.0. The van der Waals surface area contributed by atoms with Crippen LogP contribution in [-0.4, -0.2) is 67.6 Å². The molecule has 2 N–H and O–H groups in total. The first-order valence-electron chi connectivity index (χ1n) is 6.65. The van der Waals surface area contributed by atoms with E-state index in [1.807, 2.05) is 0 Å². The Kier molecular flexibility index (Phi) is 5.05. The molecule has 2 rings (SSSR count). The van der Waals surface area contributed by atoms with Crippen LogP contribution in [0.2, 0.25) is 0 Å². The molecule has 0 radical (unpaired) electrons. The molecule has 2 heterocycles. The average Bonchev–Trinajstić information content (AvgIpc) is 2.87. The summed E-state index contributed by atoms with van der Waals surface area (Å²) in [5.41, 5.74) is 0. The molecular formula is C11H13F3N4O6. The number of halogens is 3. The van der Waals surface area contributed by atoms with Gasteiger partial charge in [-0.15, -0.1) is 0 Å². The van der Waals surface area contributed by atoms with Crippen molar-refractivity contribution in [1.29, 1.82) is 0 Å². The molecule has 134 valence electrons. The fourth-order valence-corrected chi connectivity index (χ4v) is 2.24. The zero-order chi connectivity index (χ0) is 18.1. The molecule has 1 unspecified atom stereocenters. The monoisotopic (exact) mass is 354 g/mol. The summed E-state index contributed by atoms with van der Waals surface area (Å²) >= 11 is 0. The van der Waals surface area contributed by atoms with Crippen LogP contribution in [0.25, 0.3) is 0 Å². The van der Waals surface area contributed by atoms with Gasteiger partial charge >= 0.3 is 17.8 Å². The molecule has 24 heavy (non-hydrogen) atoms. The predicted molar refractivity (Wildman–Crippen MR) is 68.4 cm³/mol. The minimum absolute atomic E-state index is 0.0152. The van der Waals surface area contributed by atoms with Crippen molar-refractivity contribution in [3.8, 4) is 0 Å². The maximum atomic E-state index is 12.8. The number of hydrogen-bond acceptors (Lipinski definition) is 7. The first kappa shape index (κ1) is 18.1. The number of amides is 1. The Balaban J connectivity index is 2.16. The Labute approximate surface area is 132 Å². The van der Waals surface area contributed by atoms with E-state index in [0.29, 0.717) is 6.20 Å². The van der Waals surface area contributed by atoms with Gasteiger partial charge in [-0.3, -0.25) is 4.79 Å². The molecule has 1 aliphatic heterocycles. The topological polar surface area (TPSA) is 131 Å². The average molecular weight is 354 g/mol. The van der Waals surface area contributed by atoms with Crippen molar-refractivity contribution >= 4 is 11.7 Å². The summed E-state index contributed by atoms with van der Waals surface area (Å²) < 4.78 is 43.4. The van der Waals surface area contributed by atoms with Gasteiger partial charge in [0.15, 0.2) is 0 Å². The highest BCUT2D eigenvalue weighted by Crippen LogP contribution is 2.31. The molecule has 0 bridgehead atoms. The van der Waals surface area contributed by atoms with Crippen LogP contribution in [0.5, 0.6) is 0 Å². The number of ether oxygens (including phenoxy) is 1. The Morgan fingerprint density at radius 2 is 2.17 bits per heavy atom. The second kappa shape index (κ2) is 6.70. The van der Waals surface area contributed by atoms with Gasteiger partial charge in [-0.1, -0.05) is 0 Å². The van der Waals surface area contributed by atoms with E-state index in [-0.39, 0.29) is 17.7 Å². The van der Waals surface area contributed by atoms with Crippen molar-refractivity contribution < 1.29 is 37.8 Å². The van der Waals surface area contributed by atoms with E-state index in [2.05, 4.69) is 9.72 Å². The van der Waals surface area contributed by atoms with Crippen molar-refractivity contribution in [1.82, 2.24) is 14.5 Å². The van der Waals surface area contributed by atoms with E-state index in [0.717, 1.165) is 4.90 Å². The summed E-state index contributed by atoms with van der Waals surface area (Å²) in [6.45, 7) is -1.22. The van der Waals surface area contributed by atoms with Gasteiger partial charge in [-0.2, -0.15) is 17.7 Å². The van der Waals surface area contributed by atoms with Crippen LogP contribution in [0, 0.1) is 10.1 Å². The highest BCUT2D eigenvalue weighted by molar-refractivity contribution is 5.79. The highest BCUT2D eigenvalue weighted by atomic mass is 19.4. The van der Waals surface area contributed by atoms with E-state index in [1.54, 1.807) is 0 Å². The largest absolute Gasteiger partial charge is 0.473 e. The summed E-state index contributed by atoms with van der Waals surface area (Å²) in [6.07, 6.45) is -7.76. The summed E-state index contributed by atoms with van der Waals surface area (Å²) in [5, 5.41) is 30.0. The Bertz CT molecular complexity index is 634. The summed E-state index contributed by atoms with van der Waals surface area (Å²) in [4.78, 5) is 25.3. The van der Waals surface area contributed by atoms with E-state index in [4.69, 9.17) is 0 Å². The molecule has 0 aliphatic carbocycles. The fraction of sp³-hybridized carbons (Fsp3) is 0.636. The maximum absolute atomic E-state index is 12.8. The molecule has 1 amide bonds. The third-order valence-corrected chi connectivity index (χ3v) is 3.26. The second-order valence-electron chi connectivity index (χ2n) is 4.97. The maximum Gasteiger partial charge on any atom is 0.473 e. The van der Waals surface area contributed by atoms with Gasteiger partial charge < -0.3 is 30.0 Å². The summed E-state index contributed by atoms with van der Waals surface area (Å²) in [6, 6.07) is 0. The van der Waals surface area contributed by atoms with E-state index in [1.165, 1.54) is 0 Å². The number of aromatic nitrogens is 2. The van der Waals surface area contributed by atoms with Gasteiger partial charge in [-0.25, -0.2) is 4.98 Å². The second-order valence-corrected chi connectivity index (χ2v) is 4.97. The van der Waals surface area contributed by atoms with Crippen molar-refractivity contribution in [3.05, 3.63) is 22.1 Å². The lowest BCUT2D eigenvalue weighted by atomic mass is 10.2. The molecule has 1 saturated heterocycles. The standard InChI is InChI=1S/C11H13F3N4O6/c12-11(13,14)10-15-3-7(18(22)23)17(10)5-6(19)4-16-1-2-24-9(21)8(16)20/h3,6,9,19,21H,1-2,4-5H2/t6-,9?/m1/s1. The number of rotatable bonds is 5. The molecule has 0 saturated carbocycles. The number of hydrogen-bond donors (Lipinski definition) is 2. The molecule has 1 aromatic rings. The summed E-state index contributed by atoms with van der Waals surface area (Å²) in [5.74, 6) is -3.31. The van der Waals surface area contributed by atoms with Gasteiger partial charge in [0.1, 0.15) is 18.8 Å². The molecule has 0 aromatic carbocycles. The van der Waals surface area contributed by atoms with E-state index < -0.39 is 54.1 Å². The van der Waals surface area contributed by atoms with Crippen LogP contribution in [0.3, 0.4) is 0 Å². The van der Waals surface area contributed by atoms with Crippen LogP contribution >= 0.6 is 0 Å². The number of morpholine rings is 1. The van der Waals surface area contributed by atoms with Crippen LogP contribution < -0.4 is 0 Å².